The molecule has 2 rings (SSSR count). The average Bonchev–Trinajstić information content (AvgIpc) is 2.76. The number of thiol groups is 1. The van der Waals surface area contributed by atoms with Gasteiger partial charge in [0, 0.05) is 6.42 Å². The van der Waals surface area contributed by atoms with Gasteiger partial charge in [-0.15, -0.1) is 0 Å². The molecule has 1 saturated heterocycles. The molecule has 0 saturated carbocycles. The third kappa shape index (κ3) is 3.14. The summed E-state index contributed by atoms with van der Waals surface area (Å²) in [6, 6.07) is -0.318. The van der Waals surface area contributed by atoms with Crippen LogP contribution in [0.3, 0.4) is 0 Å². The van der Waals surface area contributed by atoms with Crippen molar-refractivity contribution in [3.05, 3.63) is 23.8 Å². The lowest BCUT2D eigenvalue weighted by Gasteiger charge is -2.18. The van der Waals surface area contributed by atoms with E-state index < -0.39 is 5.97 Å². The van der Waals surface area contributed by atoms with E-state index in [2.05, 4.69) is 17.9 Å². The summed E-state index contributed by atoms with van der Waals surface area (Å²) >= 11 is 4.34. The van der Waals surface area contributed by atoms with Crippen molar-refractivity contribution in [1.82, 2.24) is 5.32 Å². The first-order valence-electron chi connectivity index (χ1n) is 5.99. The number of nitrogens with two attached hydrogens (primary N) is 1. The molecule has 2 aliphatic rings. The Morgan fingerprint density at radius 1 is 1.50 bits per heavy atom. The summed E-state index contributed by atoms with van der Waals surface area (Å²) < 4.78 is 0. The Morgan fingerprint density at radius 2 is 2.28 bits per heavy atom. The van der Waals surface area contributed by atoms with Crippen molar-refractivity contribution in [3.63, 3.8) is 0 Å². The van der Waals surface area contributed by atoms with Crippen LogP contribution in [0, 0.1) is 0 Å². The molecule has 3 atom stereocenters. The first kappa shape index (κ1) is 13.2. The molecule has 1 aliphatic heterocycles. The van der Waals surface area contributed by atoms with Gasteiger partial charge >= 0.3 is 5.97 Å². The Bertz CT molecular complexity index is 420. The highest BCUT2D eigenvalue weighted by Crippen LogP contribution is 2.12. The standard InChI is InChI=1S/C12H16N2O3S/c15-11(10-5-9(18)6-13-10)14-8-3-1-2-7(4-8)12(16)17/h1-2,4,8-10,13,18H,3,5-6H2,(H,14,15)(H,16,17)/p+1/t8?,9-,10-/m0/s1. The Kier molecular flexibility index (Phi) is 4.08. The minimum atomic E-state index is -0.965. The highest BCUT2D eigenvalue weighted by molar-refractivity contribution is 7.81. The summed E-state index contributed by atoms with van der Waals surface area (Å²) in [4.78, 5) is 22.8. The van der Waals surface area contributed by atoms with E-state index >= 15 is 0 Å². The minimum Gasteiger partial charge on any atom is -0.478 e. The molecule has 0 spiro atoms. The van der Waals surface area contributed by atoms with Gasteiger partial charge in [-0.05, 0) is 12.5 Å². The van der Waals surface area contributed by atoms with Gasteiger partial charge in [-0.2, -0.15) is 12.6 Å². The highest BCUT2D eigenvalue weighted by atomic mass is 32.1. The maximum absolute atomic E-state index is 12.0. The summed E-state index contributed by atoms with van der Waals surface area (Å²) in [7, 11) is 0. The van der Waals surface area contributed by atoms with Crippen molar-refractivity contribution in [3.8, 4) is 0 Å². The van der Waals surface area contributed by atoms with Crippen LogP contribution in [0.1, 0.15) is 12.8 Å². The largest absolute Gasteiger partial charge is 0.478 e. The van der Waals surface area contributed by atoms with Gasteiger partial charge in [0.25, 0.3) is 5.91 Å². The molecular weight excluding hydrogens is 252 g/mol. The summed E-state index contributed by atoms with van der Waals surface area (Å²) in [5, 5.41) is 14.0. The Hall–Kier alpha value is -1.27. The molecule has 1 fully saturated rings. The van der Waals surface area contributed by atoms with Crippen LogP contribution in [0.4, 0.5) is 0 Å². The smallest absolute Gasteiger partial charge is 0.335 e. The third-order valence-corrected chi connectivity index (χ3v) is 3.62. The van der Waals surface area contributed by atoms with Crippen molar-refractivity contribution in [1.29, 1.82) is 0 Å². The van der Waals surface area contributed by atoms with E-state index in [4.69, 9.17) is 5.11 Å². The average molecular weight is 269 g/mol. The molecule has 18 heavy (non-hydrogen) atoms. The second-order valence-electron chi connectivity index (χ2n) is 4.65. The first-order chi connectivity index (χ1) is 8.56. The van der Waals surface area contributed by atoms with Crippen molar-refractivity contribution >= 4 is 24.5 Å². The monoisotopic (exact) mass is 269 g/mol. The molecule has 98 valence electrons. The molecule has 0 aromatic rings. The molecule has 0 bridgehead atoms. The predicted molar refractivity (Wildman–Crippen MR) is 69.4 cm³/mol. The van der Waals surface area contributed by atoms with Crippen LogP contribution in [0.2, 0.25) is 0 Å². The molecule has 6 heteroatoms. The maximum Gasteiger partial charge on any atom is 0.335 e. The molecular formula is C12H17N2O3S+. The lowest BCUT2D eigenvalue weighted by atomic mass is 10.0. The summed E-state index contributed by atoms with van der Waals surface area (Å²) in [5.74, 6) is -0.999. The number of amides is 1. The number of carboxylic acids is 1. The molecule has 1 aliphatic carbocycles. The molecule has 1 unspecified atom stereocenters. The number of rotatable bonds is 3. The second kappa shape index (κ2) is 5.58. The van der Waals surface area contributed by atoms with Crippen molar-refractivity contribution < 1.29 is 20.0 Å². The Labute approximate surface area is 111 Å². The van der Waals surface area contributed by atoms with E-state index in [-0.39, 0.29) is 28.8 Å². The fourth-order valence-corrected chi connectivity index (χ4v) is 2.58. The number of nitrogens with one attached hydrogen (secondary N) is 1. The second-order valence-corrected chi connectivity index (χ2v) is 5.38. The number of aliphatic carboxylic acids is 1. The van der Waals surface area contributed by atoms with Crippen LogP contribution in [0.5, 0.6) is 0 Å². The fourth-order valence-electron chi connectivity index (χ4n) is 2.24. The van der Waals surface area contributed by atoms with E-state index in [1.807, 2.05) is 5.32 Å². The molecule has 4 N–H and O–H groups in total. The first-order valence-corrected chi connectivity index (χ1v) is 6.51. The van der Waals surface area contributed by atoms with Crippen LogP contribution < -0.4 is 10.6 Å². The molecule has 0 aromatic carbocycles. The van der Waals surface area contributed by atoms with E-state index in [0.29, 0.717) is 6.42 Å². The quantitative estimate of drug-likeness (QED) is 0.500. The molecule has 0 radical (unpaired) electrons. The van der Waals surface area contributed by atoms with Gasteiger partial charge in [0.15, 0.2) is 6.04 Å². The van der Waals surface area contributed by atoms with E-state index in [1.54, 1.807) is 18.2 Å². The van der Waals surface area contributed by atoms with Crippen molar-refractivity contribution in [2.24, 2.45) is 0 Å². The zero-order valence-electron chi connectivity index (χ0n) is 9.87. The minimum absolute atomic E-state index is 0.0344. The molecule has 1 amide bonds. The Balaban J connectivity index is 1.92. The lowest BCUT2D eigenvalue weighted by Crippen LogP contribution is -2.89. The van der Waals surface area contributed by atoms with Gasteiger partial charge in [-0.3, -0.25) is 4.79 Å². The zero-order valence-corrected chi connectivity index (χ0v) is 10.8. The van der Waals surface area contributed by atoms with Gasteiger partial charge in [0.1, 0.15) is 0 Å². The maximum atomic E-state index is 12.0. The number of hydrogen-bond donors (Lipinski definition) is 4. The SMILES string of the molecule is O=C(O)C1=CC(NC(=O)[C@@H]2C[C@H](S)C[NH2+]2)CC=C1. The number of hydrogen-bond acceptors (Lipinski definition) is 3. The predicted octanol–water partition coefficient (Wildman–Crippen LogP) is -0.924. The number of carbonyl (C=O) groups excluding carboxylic acids is 1. The van der Waals surface area contributed by atoms with Crippen LogP contribution in [0.25, 0.3) is 0 Å². The lowest BCUT2D eigenvalue weighted by molar-refractivity contribution is -0.657. The number of carbonyl (C=O) groups is 2. The van der Waals surface area contributed by atoms with E-state index in [0.717, 1.165) is 13.0 Å². The summed E-state index contributed by atoms with van der Waals surface area (Å²) in [5.41, 5.74) is 0.231. The topological polar surface area (TPSA) is 83.0 Å². The number of carboxylic acid groups (broad SMARTS) is 1. The highest BCUT2D eigenvalue weighted by Gasteiger charge is 2.32. The van der Waals surface area contributed by atoms with Gasteiger partial charge in [-0.25, -0.2) is 4.79 Å². The molecule has 5 nitrogen and oxygen atoms in total. The van der Waals surface area contributed by atoms with Crippen molar-refractivity contribution in [2.45, 2.75) is 30.2 Å². The van der Waals surface area contributed by atoms with Crippen LogP contribution in [-0.4, -0.2) is 40.9 Å². The van der Waals surface area contributed by atoms with E-state index in [9.17, 15) is 9.59 Å². The third-order valence-electron chi connectivity index (χ3n) is 3.20. The summed E-state index contributed by atoms with van der Waals surface area (Å²) in [6.45, 7) is 0.849. The van der Waals surface area contributed by atoms with Crippen LogP contribution in [-0.2, 0) is 9.59 Å². The molecule has 1 heterocycles. The zero-order chi connectivity index (χ0) is 13.1. The fraction of sp³-hybridized carbons (Fsp3) is 0.500. The van der Waals surface area contributed by atoms with Crippen molar-refractivity contribution in [2.75, 3.05) is 6.54 Å². The Morgan fingerprint density at radius 3 is 2.89 bits per heavy atom. The molecule has 0 aromatic heterocycles. The van der Waals surface area contributed by atoms with Gasteiger partial charge in [-0.1, -0.05) is 12.2 Å². The van der Waals surface area contributed by atoms with E-state index in [1.165, 1.54) is 0 Å². The van der Waals surface area contributed by atoms with Gasteiger partial charge in [0.2, 0.25) is 0 Å². The van der Waals surface area contributed by atoms with Gasteiger partial charge in [0.05, 0.1) is 23.4 Å². The van der Waals surface area contributed by atoms with Crippen LogP contribution >= 0.6 is 12.6 Å². The normalized spacial score (nSPS) is 30.9. The number of quaternary nitrogens is 1. The summed E-state index contributed by atoms with van der Waals surface area (Å²) in [6.07, 6.45) is 6.32. The van der Waals surface area contributed by atoms with Gasteiger partial charge < -0.3 is 15.7 Å². The van der Waals surface area contributed by atoms with Crippen LogP contribution in [0.15, 0.2) is 23.8 Å².